The van der Waals surface area contributed by atoms with Gasteiger partial charge in [-0.25, -0.2) is 0 Å². The van der Waals surface area contributed by atoms with E-state index in [0.29, 0.717) is 19.4 Å². The number of hydrogen-bond donors (Lipinski definition) is 1. The number of benzene rings is 1. The van der Waals surface area contributed by atoms with E-state index < -0.39 is 0 Å². The van der Waals surface area contributed by atoms with Crippen LogP contribution in [0.2, 0.25) is 0 Å². The van der Waals surface area contributed by atoms with Gasteiger partial charge in [-0.1, -0.05) is 24.3 Å². The monoisotopic (exact) mass is 342 g/mol. The number of amides is 3. The third-order valence-corrected chi connectivity index (χ3v) is 4.81. The van der Waals surface area contributed by atoms with Gasteiger partial charge in [-0.15, -0.1) is 0 Å². The summed E-state index contributed by atoms with van der Waals surface area (Å²) in [5, 5.41) is 2.81. The standard InChI is InChI=1S/C19H22N2O4/c1-25-14-8-6-13(7-9-14)12-20-17(22)10-11-21-18(23)15-4-2-3-5-16(15)19(21)24/h2-3,6-9,15-16H,4-5,10-12H2,1H3,(H,20,22)/t15-,16+. The van der Waals surface area contributed by atoms with Gasteiger partial charge in [-0.05, 0) is 30.5 Å². The van der Waals surface area contributed by atoms with Crippen LogP contribution in [0.15, 0.2) is 36.4 Å². The number of hydrogen-bond acceptors (Lipinski definition) is 4. The Kier molecular flexibility index (Phi) is 5.16. The Labute approximate surface area is 146 Å². The van der Waals surface area contributed by atoms with Crippen LogP contribution in [0.3, 0.4) is 0 Å². The second-order valence-corrected chi connectivity index (χ2v) is 6.36. The molecule has 0 radical (unpaired) electrons. The fraction of sp³-hybridized carbons (Fsp3) is 0.421. The number of likely N-dealkylation sites (tertiary alicyclic amines) is 1. The van der Waals surface area contributed by atoms with E-state index in [1.807, 2.05) is 36.4 Å². The van der Waals surface area contributed by atoms with Gasteiger partial charge >= 0.3 is 0 Å². The maximum atomic E-state index is 12.3. The van der Waals surface area contributed by atoms with Gasteiger partial charge in [0, 0.05) is 19.5 Å². The third kappa shape index (κ3) is 3.73. The summed E-state index contributed by atoms with van der Waals surface area (Å²) in [5.74, 6) is -0.161. The zero-order valence-corrected chi connectivity index (χ0v) is 14.2. The van der Waals surface area contributed by atoms with Crippen molar-refractivity contribution in [2.45, 2.75) is 25.8 Å². The van der Waals surface area contributed by atoms with E-state index in [1.54, 1.807) is 7.11 Å². The third-order valence-electron chi connectivity index (χ3n) is 4.81. The van der Waals surface area contributed by atoms with E-state index in [9.17, 15) is 14.4 Å². The van der Waals surface area contributed by atoms with Crippen molar-refractivity contribution >= 4 is 17.7 Å². The Morgan fingerprint density at radius 2 is 1.72 bits per heavy atom. The average Bonchev–Trinajstić information content (AvgIpc) is 2.89. The minimum Gasteiger partial charge on any atom is -0.497 e. The number of rotatable bonds is 6. The first-order chi connectivity index (χ1) is 12.1. The zero-order chi connectivity index (χ0) is 17.8. The predicted molar refractivity (Wildman–Crippen MR) is 91.5 cm³/mol. The number of methoxy groups -OCH3 is 1. The highest BCUT2D eigenvalue weighted by atomic mass is 16.5. The van der Waals surface area contributed by atoms with Crippen molar-refractivity contribution in [2.24, 2.45) is 11.8 Å². The molecule has 1 heterocycles. The van der Waals surface area contributed by atoms with Crippen LogP contribution in [0, 0.1) is 11.8 Å². The molecule has 3 amide bonds. The van der Waals surface area contributed by atoms with Crippen LogP contribution >= 0.6 is 0 Å². The molecule has 0 unspecified atom stereocenters. The molecule has 2 atom stereocenters. The molecule has 1 aliphatic heterocycles. The van der Waals surface area contributed by atoms with E-state index in [1.165, 1.54) is 4.90 Å². The van der Waals surface area contributed by atoms with Gasteiger partial charge in [0.15, 0.2) is 0 Å². The van der Waals surface area contributed by atoms with Gasteiger partial charge in [0.1, 0.15) is 5.75 Å². The lowest BCUT2D eigenvalue weighted by atomic mass is 9.85. The number of nitrogens with zero attached hydrogens (tertiary/aromatic N) is 1. The summed E-state index contributed by atoms with van der Waals surface area (Å²) in [6.45, 7) is 0.555. The molecular formula is C19H22N2O4. The van der Waals surface area contributed by atoms with Gasteiger partial charge < -0.3 is 10.1 Å². The van der Waals surface area contributed by atoms with Crippen molar-refractivity contribution < 1.29 is 19.1 Å². The van der Waals surface area contributed by atoms with Gasteiger partial charge in [-0.3, -0.25) is 19.3 Å². The largest absolute Gasteiger partial charge is 0.497 e. The summed E-state index contributed by atoms with van der Waals surface area (Å²) in [4.78, 5) is 37.9. The van der Waals surface area contributed by atoms with Crippen molar-refractivity contribution in [3.8, 4) is 5.75 Å². The quantitative estimate of drug-likeness (QED) is 0.630. The molecule has 0 saturated carbocycles. The molecular weight excluding hydrogens is 320 g/mol. The van der Waals surface area contributed by atoms with E-state index in [-0.39, 0.29) is 42.5 Å². The van der Waals surface area contributed by atoms with Crippen LogP contribution in [0.25, 0.3) is 0 Å². The van der Waals surface area contributed by atoms with Crippen LogP contribution in [-0.2, 0) is 20.9 Å². The van der Waals surface area contributed by atoms with Crippen LogP contribution in [0.4, 0.5) is 0 Å². The van der Waals surface area contributed by atoms with Crippen LogP contribution < -0.4 is 10.1 Å². The van der Waals surface area contributed by atoms with Gasteiger partial charge in [0.25, 0.3) is 0 Å². The molecule has 132 valence electrons. The molecule has 0 bridgehead atoms. The molecule has 1 fully saturated rings. The lowest BCUT2D eigenvalue weighted by Gasteiger charge is -2.14. The van der Waals surface area contributed by atoms with Crippen LogP contribution in [0.5, 0.6) is 5.75 Å². The van der Waals surface area contributed by atoms with Crippen LogP contribution in [-0.4, -0.2) is 36.3 Å². The van der Waals surface area contributed by atoms with Crippen molar-refractivity contribution in [1.82, 2.24) is 10.2 Å². The predicted octanol–water partition coefficient (Wildman–Crippen LogP) is 1.65. The second-order valence-electron chi connectivity index (χ2n) is 6.36. The number of ether oxygens (including phenoxy) is 1. The highest BCUT2D eigenvalue weighted by Crippen LogP contribution is 2.34. The molecule has 1 aliphatic carbocycles. The minimum absolute atomic E-state index is 0.125. The van der Waals surface area contributed by atoms with Gasteiger partial charge in [0.2, 0.25) is 17.7 Å². The van der Waals surface area contributed by atoms with E-state index in [4.69, 9.17) is 4.74 Å². The van der Waals surface area contributed by atoms with Crippen molar-refractivity contribution in [3.05, 3.63) is 42.0 Å². The molecule has 6 nitrogen and oxygen atoms in total. The zero-order valence-electron chi connectivity index (χ0n) is 14.2. The van der Waals surface area contributed by atoms with E-state index >= 15 is 0 Å². The number of imide groups is 1. The summed E-state index contributed by atoms with van der Waals surface area (Å²) in [5.41, 5.74) is 0.958. The van der Waals surface area contributed by atoms with Crippen molar-refractivity contribution in [3.63, 3.8) is 0 Å². The molecule has 25 heavy (non-hydrogen) atoms. The van der Waals surface area contributed by atoms with E-state index in [0.717, 1.165) is 11.3 Å². The van der Waals surface area contributed by atoms with Crippen molar-refractivity contribution in [1.29, 1.82) is 0 Å². The van der Waals surface area contributed by atoms with Gasteiger partial charge in [0.05, 0.1) is 18.9 Å². The molecule has 3 rings (SSSR count). The fourth-order valence-electron chi connectivity index (χ4n) is 3.34. The number of carbonyl (C=O) groups excluding carboxylic acids is 3. The SMILES string of the molecule is COc1ccc(CNC(=O)CCN2C(=O)[C@H]3CC=CC[C@H]3C2=O)cc1. The molecule has 6 heteroatoms. The lowest BCUT2D eigenvalue weighted by Crippen LogP contribution is -2.35. The molecule has 0 spiro atoms. The minimum atomic E-state index is -0.236. The Morgan fingerprint density at radius 1 is 1.12 bits per heavy atom. The Morgan fingerprint density at radius 3 is 2.28 bits per heavy atom. The van der Waals surface area contributed by atoms with Crippen molar-refractivity contribution in [2.75, 3.05) is 13.7 Å². The molecule has 1 saturated heterocycles. The number of carbonyl (C=O) groups is 3. The Bertz CT molecular complexity index is 670. The normalized spacial score (nSPS) is 22.0. The summed E-state index contributed by atoms with van der Waals surface area (Å²) < 4.78 is 5.09. The lowest BCUT2D eigenvalue weighted by molar-refractivity contribution is -0.140. The van der Waals surface area contributed by atoms with Crippen LogP contribution in [0.1, 0.15) is 24.8 Å². The molecule has 1 aromatic carbocycles. The summed E-state index contributed by atoms with van der Waals surface area (Å²) >= 11 is 0. The Balaban J connectivity index is 1.47. The summed E-state index contributed by atoms with van der Waals surface area (Å²) in [6, 6.07) is 7.42. The Hall–Kier alpha value is -2.63. The summed E-state index contributed by atoms with van der Waals surface area (Å²) in [6.07, 6.45) is 5.28. The number of fused-ring (bicyclic) bond motifs is 1. The number of nitrogens with one attached hydrogen (secondary N) is 1. The number of allylic oxidation sites excluding steroid dienone is 2. The molecule has 1 N–H and O–H groups in total. The van der Waals surface area contributed by atoms with E-state index in [2.05, 4.69) is 5.32 Å². The maximum Gasteiger partial charge on any atom is 0.233 e. The second kappa shape index (κ2) is 7.51. The maximum absolute atomic E-state index is 12.3. The first-order valence-corrected chi connectivity index (χ1v) is 8.50. The average molecular weight is 342 g/mol. The topological polar surface area (TPSA) is 75.7 Å². The summed E-state index contributed by atoms with van der Waals surface area (Å²) in [7, 11) is 1.60. The fourth-order valence-corrected chi connectivity index (χ4v) is 3.34. The highest BCUT2D eigenvalue weighted by Gasteiger charge is 2.46. The van der Waals surface area contributed by atoms with Gasteiger partial charge in [-0.2, -0.15) is 0 Å². The first kappa shape index (κ1) is 17.2. The first-order valence-electron chi connectivity index (χ1n) is 8.50. The molecule has 0 aromatic heterocycles. The smallest absolute Gasteiger partial charge is 0.233 e. The molecule has 1 aromatic rings. The molecule has 2 aliphatic rings. The highest BCUT2D eigenvalue weighted by molar-refractivity contribution is 6.05.